The van der Waals surface area contributed by atoms with E-state index in [0.29, 0.717) is 19.8 Å². The van der Waals surface area contributed by atoms with E-state index in [-0.39, 0.29) is 5.91 Å². The molecule has 3 fully saturated rings. The van der Waals surface area contributed by atoms with Crippen molar-refractivity contribution in [2.75, 3.05) is 63.9 Å². The van der Waals surface area contributed by atoms with Crippen LogP contribution in [0.1, 0.15) is 25.0 Å². The number of piperidine rings is 1. The van der Waals surface area contributed by atoms with Crippen molar-refractivity contribution in [2.45, 2.75) is 32.0 Å². The molecule has 0 aliphatic carbocycles. The quantitative estimate of drug-likeness (QED) is 0.789. The Morgan fingerprint density at radius 1 is 1.15 bits per heavy atom. The molecule has 3 saturated heterocycles. The molecular weight excluding hydrogens is 352 g/mol. The van der Waals surface area contributed by atoms with Crippen LogP contribution in [0.25, 0.3) is 0 Å². The second kappa shape index (κ2) is 7.80. The molecule has 1 amide bonds. The maximum absolute atomic E-state index is 12.7. The fourth-order valence-electron chi connectivity index (χ4n) is 3.98. The van der Waals surface area contributed by atoms with E-state index in [1.807, 2.05) is 11.8 Å². The SMILES string of the molecule is Cc1csc(N2CCCN(CC(=O)N3CCC4(CC3)OCCO4)CC2)n1. The highest BCUT2D eigenvalue weighted by Crippen LogP contribution is 2.31. The number of likely N-dealkylation sites (tertiary alicyclic amines) is 1. The molecule has 0 radical (unpaired) electrons. The number of ether oxygens (including phenoxy) is 2. The number of anilines is 1. The van der Waals surface area contributed by atoms with Crippen molar-refractivity contribution in [1.29, 1.82) is 0 Å². The van der Waals surface area contributed by atoms with Crippen molar-refractivity contribution >= 4 is 22.4 Å². The zero-order valence-electron chi connectivity index (χ0n) is 15.5. The van der Waals surface area contributed by atoms with E-state index in [9.17, 15) is 4.79 Å². The van der Waals surface area contributed by atoms with E-state index in [0.717, 1.165) is 69.4 Å². The van der Waals surface area contributed by atoms with Crippen LogP contribution in [0.2, 0.25) is 0 Å². The van der Waals surface area contributed by atoms with Gasteiger partial charge in [0.2, 0.25) is 5.91 Å². The Bertz CT molecular complexity index is 622. The highest BCUT2D eigenvalue weighted by atomic mass is 32.1. The molecule has 4 rings (SSSR count). The van der Waals surface area contributed by atoms with Crippen LogP contribution in [-0.4, -0.2) is 85.5 Å². The molecule has 3 aliphatic heterocycles. The van der Waals surface area contributed by atoms with Gasteiger partial charge >= 0.3 is 0 Å². The fraction of sp³-hybridized carbons (Fsp3) is 0.778. The van der Waals surface area contributed by atoms with Crippen molar-refractivity contribution in [2.24, 2.45) is 0 Å². The minimum atomic E-state index is -0.411. The number of carbonyl (C=O) groups excluding carboxylic acids is 1. The molecule has 0 aromatic carbocycles. The van der Waals surface area contributed by atoms with Crippen LogP contribution < -0.4 is 4.90 Å². The van der Waals surface area contributed by atoms with Crippen molar-refractivity contribution in [1.82, 2.24) is 14.8 Å². The summed E-state index contributed by atoms with van der Waals surface area (Å²) in [5, 5.41) is 3.20. The molecule has 0 unspecified atom stereocenters. The lowest BCUT2D eigenvalue weighted by atomic mass is 10.0. The lowest BCUT2D eigenvalue weighted by Crippen LogP contribution is -2.50. The van der Waals surface area contributed by atoms with Gasteiger partial charge in [-0.05, 0) is 13.3 Å². The fourth-order valence-corrected chi connectivity index (χ4v) is 4.84. The topological polar surface area (TPSA) is 58.1 Å². The summed E-state index contributed by atoms with van der Waals surface area (Å²) < 4.78 is 11.5. The van der Waals surface area contributed by atoms with Gasteiger partial charge in [0.1, 0.15) is 0 Å². The van der Waals surface area contributed by atoms with Crippen LogP contribution >= 0.6 is 11.3 Å². The normalized spacial score (nSPS) is 24.2. The number of nitrogens with zero attached hydrogens (tertiary/aromatic N) is 4. The van der Waals surface area contributed by atoms with Gasteiger partial charge in [0.25, 0.3) is 0 Å². The zero-order valence-corrected chi connectivity index (χ0v) is 16.3. The van der Waals surface area contributed by atoms with Gasteiger partial charge in [0.05, 0.1) is 25.5 Å². The summed E-state index contributed by atoms with van der Waals surface area (Å²) in [5.74, 6) is -0.178. The second-order valence-electron chi connectivity index (χ2n) is 7.38. The Hall–Kier alpha value is -1.22. The third-order valence-electron chi connectivity index (χ3n) is 5.52. The molecular formula is C18H28N4O3S. The summed E-state index contributed by atoms with van der Waals surface area (Å²) in [7, 11) is 0. The molecule has 0 atom stereocenters. The van der Waals surface area contributed by atoms with Crippen LogP contribution in [0, 0.1) is 6.92 Å². The predicted molar refractivity (Wildman–Crippen MR) is 101 cm³/mol. The second-order valence-corrected chi connectivity index (χ2v) is 8.21. The highest BCUT2D eigenvalue weighted by molar-refractivity contribution is 7.13. The summed E-state index contributed by atoms with van der Waals surface area (Å²) >= 11 is 1.71. The average molecular weight is 381 g/mol. The summed E-state index contributed by atoms with van der Waals surface area (Å²) in [6, 6.07) is 0. The summed E-state index contributed by atoms with van der Waals surface area (Å²) in [6.45, 7) is 9.20. The molecule has 1 aromatic rings. The minimum Gasteiger partial charge on any atom is -0.347 e. The van der Waals surface area contributed by atoms with Crippen LogP contribution in [-0.2, 0) is 14.3 Å². The zero-order chi connectivity index (χ0) is 18.0. The van der Waals surface area contributed by atoms with E-state index < -0.39 is 5.79 Å². The number of thiazole rings is 1. The number of hydrogen-bond acceptors (Lipinski definition) is 7. The molecule has 3 aliphatic rings. The van der Waals surface area contributed by atoms with Crippen molar-refractivity contribution in [3.05, 3.63) is 11.1 Å². The molecule has 0 N–H and O–H groups in total. The highest BCUT2D eigenvalue weighted by Gasteiger charge is 2.40. The molecule has 1 aromatic heterocycles. The first-order valence-electron chi connectivity index (χ1n) is 9.59. The van der Waals surface area contributed by atoms with Crippen molar-refractivity contribution in [3.63, 3.8) is 0 Å². The lowest BCUT2D eigenvalue weighted by Gasteiger charge is -2.38. The largest absolute Gasteiger partial charge is 0.347 e. The van der Waals surface area contributed by atoms with Crippen LogP contribution in [0.4, 0.5) is 5.13 Å². The van der Waals surface area contributed by atoms with Crippen LogP contribution in [0.5, 0.6) is 0 Å². The molecule has 0 saturated carbocycles. The van der Waals surface area contributed by atoms with E-state index in [2.05, 4.69) is 20.2 Å². The van der Waals surface area contributed by atoms with Gasteiger partial charge < -0.3 is 19.3 Å². The monoisotopic (exact) mass is 380 g/mol. The van der Waals surface area contributed by atoms with Gasteiger partial charge in [0.15, 0.2) is 10.9 Å². The Kier molecular flexibility index (Phi) is 5.45. The third-order valence-corrected chi connectivity index (χ3v) is 6.54. The maximum Gasteiger partial charge on any atom is 0.236 e. The minimum absolute atomic E-state index is 0.233. The maximum atomic E-state index is 12.7. The van der Waals surface area contributed by atoms with Crippen LogP contribution in [0.3, 0.4) is 0 Å². The average Bonchev–Trinajstić information content (AvgIpc) is 3.21. The van der Waals surface area contributed by atoms with Crippen molar-refractivity contribution < 1.29 is 14.3 Å². The first-order chi connectivity index (χ1) is 12.6. The van der Waals surface area contributed by atoms with E-state index >= 15 is 0 Å². The first-order valence-corrected chi connectivity index (χ1v) is 10.5. The van der Waals surface area contributed by atoms with Crippen LogP contribution in [0.15, 0.2) is 5.38 Å². The molecule has 7 nitrogen and oxygen atoms in total. The standard InChI is InChI=1S/C18H28N4O3S/c1-15-14-26-17(19-15)22-6-2-5-20(9-10-22)13-16(23)21-7-3-18(4-8-21)24-11-12-25-18/h14H,2-13H2,1H3. The van der Waals surface area contributed by atoms with Gasteiger partial charge in [-0.2, -0.15) is 0 Å². The predicted octanol–water partition coefficient (Wildman–Crippen LogP) is 1.33. The molecule has 8 heteroatoms. The van der Waals surface area contributed by atoms with Gasteiger partial charge in [-0.15, -0.1) is 11.3 Å². The van der Waals surface area contributed by atoms with Gasteiger partial charge in [-0.25, -0.2) is 4.98 Å². The Labute approximate surface area is 158 Å². The smallest absolute Gasteiger partial charge is 0.236 e. The summed E-state index contributed by atoms with van der Waals surface area (Å²) in [6.07, 6.45) is 2.64. The van der Waals surface area contributed by atoms with Gasteiger partial charge in [-0.1, -0.05) is 0 Å². The molecule has 0 bridgehead atoms. The Morgan fingerprint density at radius 3 is 2.62 bits per heavy atom. The van der Waals surface area contributed by atoms with Gasteiger partial charge in [0, 0.05) is 57.5 Å². The first kappa shape index (κ1) is 18.2. The lowest BCUT2D eigenvalue weighted by molar-refractivity contribution is -0.187. The number of carbonyl (C=O) groups is 1. The molecule has 144 valence electrons. The summed E-state index contributed by atoms with van der Waals surface area (Å²) in [5.41, 5.74) is 1.08. The third kappa shape index (κ3) is 4.03. The Balaban J connectivity index is 1.26. The van der Waals surface area contributed by atoms with E-state index in [1.54, 1.807) is 11.3 Å². The molecule has 26 heavy (non-hydrogen) atoms. The summed E-state index contributed by atoms with van der Waals surface area (Å²) in [4.78, 5) is 23.9. The molecule has 1 spiro atoms. The number of aromatic nitrogens is 1. The number of rotatable bonds is 3. The number of amides is 1. The van der Waals surface area contributed by atoms with Gasteiger partial charge in [-0.3, -0.25) is 9.69 Å². The van der Waals surface area contributed by atoms with E-state index in [4.69, 9.17) is 9.47 Å². The number of aryl methyl sites for hydroxylation is 1. The Morgan fingerprint density at radius 2 is 1.92 bits per heavy atom. The molecule has 4 heterocycles. The van der Waals surface area contributed by atoms with E-state index in [1.165, 1.54) is 0 Å². The number of hydrogen-bond donors (Lipinski definition) is 0. The van der Waals surface area contributed by atoms with Crippen molar-refractivity contribution in [3.8, 4) is 0 Å².